The van der Waals surface area contributed by atoms with Crippen molar-refractivity contribution in [2.75, 3.05) is 6.54 Å². The molecule has 3 N–H and O–H groups in total. The van der Waals surface area contributed by atoms with Gasteiger partial charge in [-0.15, -0.1) is 0 Å². The minimum atomic E-state index is -0.645. The van der Waals surface area contributed by atoms with Gasteiger partial charge in [-0.25, -0.2) is 0 Å². The third-order valence-corrected chi connectivity index (χ3v) is 9.52. The summed E-state index contributed by atoms with van der Waals surface area (Å²) in [7, 11) is 0. The fourth-order valence-corrected chi connectivity index (χ4v) is 7.92. The van der Waals surface area contributed by atoms with Crippen LogP contribution in [0.4, 0.5) is 0 Å². The lowest BCUT2D eigenvalue weighted by Gasteiger charge is -2.35. The molecule has 0 radical (unpaired) electrons. The van der Waals surface area contributed by atoms with E-state index in [2.05, 4.69) is 36.6 Å². The van der Waals surface area contributed by atoms with Crippen molar-refractivity contribution in [3.05, 3.63) is 47.8 Å². The third-order valence-electron chi connectivity index (χ3n) is 9.52. The van der Waals surface area contributed by atoms with Crippen LogP contribution in [-0.2, 0) is 14.4 Å². The Kier molecular flexibility index (Phi) is 6.73. The molecular weight excluding hydrogens is 440 g/mol. The summed E-state index contributed by atoms with van der Waals surface area (Å²) in [6.45, 7) is 5.14. The molecular formula is C29H38N2O4. The average Bonchev–Trinajstić information content (AvgIpc) is 3.44. The van der Waals surface area contributed by atoms with Gasteiger partial charge in [0.15, 0.2) is 5.78 Å². The van der Waals surface area contributed by atoms with Gasteiger partial charge in [-0.05, 0) is 91.6 Å². The second-order valence-electron chi connectivity index (χ2n) is 11.3. The highest BCUT2D eigenvalue weighted by atomic mass is 16.3. The number of aliphatic hydroxyl groups is 1. The van der Waals surface area contributed by atoms with Crippen molar-refractivity contribution in [2.45, 2.75) is 58.4 Å². The number of hydrogen-bond acceptors (Lipinski definition) is 4. The maximum atomic E-state index is 12.8. The molecule has 2 heterocycles. The van der Waals surface area contributed by atoms with Gasteiger partial charge in [0.25, 0.3) is 5.91 Å². The molecule has 1 saturated heterocycles. The van der Waals surface area contributed by atoms with E-state index in [1.165, 1.54) is 12.8 Å². The number of rotatable bonds is 1. The van der Waals surface area contributed by atoms with Crippen molar-refractivity contribution in [3.63, 3.8) is 0 Å². The average molecular weight is 479 g/mol. The van der Waals surface area contributed by atoms with E-state index < -0.39 is 11.9 Å². The Morgan fingerprint density at radius 1 is 1.00 bits per heavy atom. The summed E-state index contributed by atoms with van der Waals surface area (Å²) in [6, 6.07) is -0.645. The highest BCUT2D eigenvalue weighted by molar-refractivity contribution is 6.27. The molecule has 5 rings (SSSR count). The van der Waals surface area contributed by atoms with Crippen molar-refractivity contribution in [1.82, 2.24) is 10.6 Å². The third kappa shape index (κ3) is 4.41. The first kappa shape index (κ1) is 24.1. The molecule has 6 nitrogen and oxygen atoms in total. The fourth-order valence-electron chi connectivity index (χ4n) is 7.92. The van der Waals surface area contributed by atoms with Crippen molar-refractivity contribution in [1.29, 1.82) is 0 Å². The molecule has 0 aromatic rings. The lowest BCUT2D eigenvalue weighted by Crippen LogP contribution is -2.31. The number of hydrogen-bond donors (Lipinski definition) is 3. The normalized spacial score (nSPS) is 44.4. The number of carbonyl (C=O) groups is 3. The maximum Gasteiger partial charge on any atom is 0.259 e. The van der Waals surface area contributed by atoms with Gasteiger partial charge in [0.2, 0.25) is 5.91 Å². The molecule has 0 aromatic heterocycles. The number of fused-ring (bicyclic) bond motifs is 7. The summed E-state index contributed by atoms with van der Waals surface area (Å²) in [6.07, 6.45) is 17.4. The number of carbonyl (C=O) groups excluding carboxylic acids is 3. The van der Waals surface area contributed by atoms with Crippen LogP contribution in [0.5, 0.6) is 0 Å². The van der Waals surface area contributed by atoms with Crippen LogP contribution in [0.1, 0.15) is 52.4 Å². The summed E-state index contributed by atoms with van der Waals surface area (Å²) < 4.78 is 0. The Hall–Kier alpha value is -2.63. The molecule has 2 saturated carbocycles. The summed E-state index contributed by atoms with van der Waals surface area (Å²) >= 11 is 0. The standard InChI is InChI=1S/C29H38N2O4/c1-3-18-16(2)14-22-20(18)10-11-21-19-6-4-8-26(33)30-13-5-7-24-28(34)27(29(35)31-24)25(32)12-9-17(19)15-23(21)22/h4,8-12,16-24,32H,3,5-7,13-15H2,1-2H3,(H,30,33)(H,31,35)/b8-4-,12-9?,27-25-/t16-,17-,18-,19+,20+,21-,22+,23+,24+/m1/s1. The lowest BCUT2D eigenvalue weighted by molar-refractivity contribution is -0.118. The number of amides is 2. The molecule has 2 bridgehead atoms. The molecule has 188 valence electrons. The van der Waals surface area contributed by atoms with Crippen molar-refractivity contribution in [3.8, 4) is 0 Å². The topological polar surface area (TPSA) is 95.5 Å². The molecule has 2 aliphatic heterocycles. The quantitative estimate of drug-likeness (QED) is 0.392. The molecule has 2 amide bonds. The molecule has 3 fully saturated rings. The predicted octanol–water partition coefficient (Wildman–Crippen LogP) is 4.02. The van der Waals surface area contributed by atoms with Crippen LogP contribution in [-0.4, -0.2) is 35.3 Å². The van der Waals surface area contributed by atoms with Crippen LogP contribution in [0.2, 0.25) is 0 Å². The van der Waals surface area contributed by atoms with Crippen LogP contribution in [0, 0.1) is 47.3 Å². The second-order valence-corrected chi connectivity index (χ2v) is 11.3. The zero-order valence-corrected chi connectivity index (χ0v) is 20.8. The Labute approximate surface area is 208 Å². The molecule has 0 unspecified atom stereocenters. The largest absolute Gasteiger partial charge is 0.507 e. The van der Waals surface area contributed by atoms with Crippen LogP contribution < -0.4 is 10.6 Å². The number of ketones is 1. The van der Waals surface area contributed by atoms with E-state index in [9.17, 15) is 19.5 Å². The van der Waals surface area contributed by atoms with Gasteiger partial charge in [0.1, 0.15) is 11.3 Å². The highest BCUT2D eigenvalue weighted by Crippen LogP contribution is 2.59. The van der Waals surface area contributed by atoms with Crippen LogP contribution in [0.15, 0.2) is 47.8 Å². The SMILES string of the molecule is CC[C@H]1[C@@H]2C=C[C@@H]3[C@H]4C/C=C\C(=O)NCCC[C@@H]5NC(=O)/C(=C(\O)C=C[C@@H]4C[C@@H]3[C@H]2C[C@H]1C)C5=O. The van der Waals surface area contributed by atoms with E-state index in [4.69, 9.17) is 0 Å². The monoisotopic (exact) mass is 478 g/mol. The van der Waals surface area contributed by atoms with Crippen LogP contribution in [0.3, 0.4) is 0 Å². The molecule has 35 heavy (non-hydrogen) atoms. The van der Waals surface area contributed by atoms with E-state index in [0.717, 1.165) is 24.7 Å². The first-order chi connectivity index (χ1) is 16.9. The van der Waals surface area contributed by atoms with E-state index in [1.807, 2.05) is 12.2 Å². The summed E-state index contributed by atoms with van der Waals surface area (Å²) in [5.74, 6) is 3.16. The van der Waals surface area contributed by atoms with Gasteiger partial charge >= 0.3 is 0 Å². The highest BCUT2D eigenvalue weighted by Gasteiger charge is 2.52. The van der Waals surface area contributed by atoms with Gasteiger partial charge < -0.3 is 15.7 Å². The van der Waals surface area contributed by atoms with E-state index in [1.54, 1.807) is 12.2 Å². The summed E-state index contributed by atoms with van der Waals surface area (Å²) in [4.78, 5) is 37.6. The Bertz CT molecular complexity index is 1010. The molecule has 9 atom stereocenters. The molecule has 3 aliphatic carbocycles. The van der Waals surface area contributed by atoms with E-state index in [-0.39, 0.29) is 28.9 Å². The van der Waals surface area contributed by atoms with E-state index >= 15 is 0 Å². The maximum absolute atomic E-state index is 12.8. The predicted molar refractivity (Wildman–Crippen MR) is 134 cm³/mol. The van der Waals surface area contributed by atoms with Crippen molar-refractivity contribution in [2.24, 2.45) is 47.3 Å². The minimum Gasteiger partial charge on any atom is -0.507 e. The summed E-state index contributed by atoms with van der Waals surface area (Å²) in [5.41, 5.74) is -0.135. The number of nitrogens with one attached hydrogen (secondary N) is 2. The molecule has 0 spiro atoms. The Morgan fingerprint density at radius 2 is 1.77 bits per heavy atom. The first-order valence-corrected chi connectivity index (χ1v) is 13.5. The van der Waals surface area contributed by atoms with Crippen LogP contribution >= 0.6 is 0 Å². The lowest BCUT2D eigenvalue weighted by atomic mass is 9.69. The van der Waals surface area contributed by atoms with E-state index in [0.29, 0.717) is 49.0 Å². The zero-order chi connectivity index (χ0) is 24.7. The molecule has 0 aromatic carbocycles. The van der Waals surface area contributed by atoms with Gasteiger partial charge in [0.05, 0.1) is 6.04 Å². The Balaban J connectivity index is 1.46. The zero-order valence-electron chi connectivity index (χ0n) is 20.8. The smallest absolute Gasteiger partial charge is 0.259 e. The van der Waals surface area contributed by atoms with Gasteiger partial charge in [-0.1, -0.05) is 44.6 Å². The van der Waals surface area contributed by atoms with Crippen molar-refractivity contribution < 1.29 is 19.5 Å². The molecule has 5 aliphatic rings. The van der Waals surface area contributed by atoms with Crippen molar-refractivity contribution >= 4 is 17.6 Å². The van der Waals surface area contributed by atoms with Gasteiger partial charge in [-0.2, -0.15) is 0 Å². The Morgan fingerprint density at radius 3 is 2.57 bits per heavy atom. The minimum absolute atomic E-state index is 0.117. The number of aliphatic hydroxyl groups excluding tert-OH is 1. The van der Waals surface area contributed by atoms with Gasteiger partial charge in [0, 0.05) is 6.54 Å². The number of Topliss-reactive ketones (excluding diaryl/α,β-unsaturated/α-hetero) is 1. The first-order valence-electron chi connectivity index (χ1n) is 13.5. The fraction of sp³-hybridized carbons (Fsp3) is 0.621. The van der Waals surface area contributed by atoms with Gasteiger partial charge in [-0.3, -0.25) is 14.4 Å². The summed E-state index contributed by atoms with van der Waals surface area (Å²) in [5, 5.41) is 16.3. The van der Waals surface area contributed by atoms with Crippen LogP contribution in [0.25, 0.3) is 0 Å². The molecule has 6 heteroatoms. The second kappa shape index (κ2) is 9.79. The number of allylic oxidation sites excluding steroid dienone is 5.